The topological polar surface area (TPSA) is 0 Å². The first kappa shape index (κ1) is 13.2. The van der Waals surface area contributed by atoms with Crippen LogP contribution in [0.5, 0.6) is 0 Å². The highest BCUT2D eigenvalue weighted by Gasteiger charge is 2.26. The molecule has 16 heavy (non-hydrogen) atoms. The van der Waals surface area contributed by atoms with Gasteiger partial charge in [0, 0.05) is 0 Å². The lowest BCUT2D eigenvalue weighted by molar-refractivity contribution is 0.480. The Kier molecular flexibility index (Phi) is 3.20. The fraction of sp³-hybridized carbons (Fsp3) is 0.600. The molecule has 0 saturated carbocycles. The Morgan fingerprint density at radius 1 is 0.812 bits per heavy atom. The molecule has 90 valence electrons. The maximum absolute atomic E-state index is 14.4. The summed E-state index contributed by atoms with van der Waals surface area (Å²) in [5.74, 6) is -0.0365. The van der Waals surface area contributed by atoms with Crippen molar-refractivity contribution in [3.63, 3.8) is 0 Å². The van der Waals surface area contributed by atoms with Gasteiger partial charge in [-0.1, -0.05) is 59.2 Å². The van der Waals surface area contributed by atoms with Crippen LogP contribution in [0.2, 0.25) is 0 Å². The maximum Gasteiger partial charge on any atom is 0.130 e. The van der Waals surface area contributed by atoms with Gasteiger partial charge in [0.05, 0.1) is 0 Å². The average Bonchev–Trinajstić information content (AvgIpc) is 2.04. The molecule has 0 aliphatic rings. The van der Waals surface area contributed by atoms with E-state index in [9.17, 15) is 4.39 Å². The van der Waals surface area contributed by atoms with Crippen molar-refractivity contribution in [2.24, 2.45) is 0 Å². The molecular formula is C15H23F. The zero-order valence-corrected chi connectivity index (χ0v) is 11.5. The summed E-state index contributed by atoms with van der Waals surface area (Å²) < 4.78 is 14.4. The first-order valence-electron chi connectivity index (χ1n) is 5.84. The van der Waals surface area contributed by atoms with Crippen LogP contribution in [0.4, 0.5) is 4.39 Å². The zero-order chi connectivity index (χ0) is 12.7. The second-order valence-electron chi connectivity index (χ2n) is 6.67. The Labute approximate surface area is 98.9 Å². The molecule has 0 fully saturated rings. The minimum atomic E-state index is -0.143. The lowest BCUT2D eigenvalue weighted by Gasteiger charge is -2.27. The van der Waals surface area contributed by atoms with E-state index in [-0.39, 0.29) is 16.6 Å². The molecule has 0 N–H and O–H groups in total. The van der Waals surface area contributed by atoms with Crippen LogP contribution in [0.3, 0.4) is 0 Å². The number of aryl methyl sites for hydroxylation is 1. The van der Waals surface area contributed by atoms with Gasteiger partial charge < -0.3 is 0 Å². The highest BCUT2D eigenvalue weighted by molar-refractivity contribution is 5.38. The van der Waals surface area contributed by atoms with Gasteiger partial charge in [0.25, 0.3) is 0 Å². The van der Waals surface area contributed by atoms with Crippen LogP contribution >= 0.6 is 0 Å². The van der Waals surface area contributed by atoms with E-state index in [2.05, 4.69) is 41.5 Å². The Morgan fingerprint density at radius 2 is 1.12 bits per heavy atom. The molecule has 0 nitrogen and oxygen atoms in total. The lowest BCUT2D eigenvalue weighted by atomic mass is 9.79. The van der Waals surface area contributed by atoms with E-state index in [0.29, 0.717) is 0 Å². The largest absolute Gasteiger partial charge is 0.206 e. The molecule has 0 radical (unpaired) electrons. The minimum Gasteiger partial charge on any atom is -0.206 e. The fourth-order valence-corrected chi connectivity index (χ4v) is 1.86. The van der Waals surface area contributed by atoms with Gasteiger partial charge in [-0.3, -0.25) is 0 Å². The summed E-state index contributed by atoms with van der Waals surface area (Å²) in [5.41, 5.74) is 2.48. The Bertz CT molecular complexity index is 354. The molecule has 1 rings (SSSR count). The predicted octanol–water partition coefficient (Wildman–Crippen LogP) is 4.73. The van der Waals surface area contributed by atoms with E-state index >= 15 is 0 Å². The van der Waals surface area contributed by atoms with Crippen molar-refractivity contribution in [3.8, 4) is 0 Å². The molecule has 0 spiro atoms. The van der Waals surface area contributed by atoms with Gasteiger partial charge in [-0.05, 0) is 28.9 Å². The van der Waals surface area contributed by atoms with Crippen LogP contribution in [0, 0.1) is 12.7 Å². The standard InChI is InChI=1S/C15H23F/c1-10-8-11(14(2,3)4)13(16)12(9-10)15(5,6)7/h8-9H,1-7H3. The first-order chi connectivity index (χ1) is 7.03. The van der Waals surface area contributed by atoms with Gasteiger partial charge in [0.2, 0.25) is 0 Å². The summed E-state index contributed by atoms with van der Waals surface area (Å²) >= 11 is 0. The number of rotatable bonds is 0. The fourth-order valence-electron chi connectivity index (χ4n) is 1.86. The third-order valence-electron chi connectivity index (χ3n) is 2.83. The van der Waals surface area contributed by atoms with Crippen molar-refractivity contribution in [1.82, 2.24) is 0 Å². The van der Waals surface area contributed by atoms with Gasteiger partial charge in [0.15, 0.2) is 0 Å². The van der Waals surface area contributed by atoms with Crippen molar-refractivity contribution in [3.05, 3.63) is 34.6 Å². The molecule has 0 unspecified atom stereocenters. The van der Waals surface area contributed by atoms with Crippen LogP contribution in [0.1, 0.15) is 58.2 Å². The van der Waals surface area contributed by atoms with Crippen LogP contribution < -0.4 is 0 Å². The van der Waals surface area contributed by atoms with E-state index in [1.54, 1.807) is 0 Å². The van der Waals surface area contributed by atoms with Crippen LogP contribution in [-0.2, 0) is 10.8 Å². The number of benzene rings is 1. The van der Waals surface area contributed by atoms with Crippen molar-refractivity contribution in [1.29, 1.82) is 0 Å². The normalized spacial score (nSPS) is 13.0. The molecule has 1 heteroatoms. The Balaban J connectivity index is 3.51. The molecule has 0 heterocycles. The number of hydrogen-bond donors (Lipinski definition) is 0. The summed E-state index contributed by atoms with van der Waals surface area (Å²) in [5, 5.41) is 0. The van der Waals surface area contributed by atoms with Crippen molar-refractivity contribution in [2.75, 3.05) is 0 Å². The summed E-state index contributed by atoms with van der Waals surface area (Å²) in [6.45, 7) is 14.3. The second kappa shape index (κ2) is 3.87. The SMILES string of the molecule is Cc1cc(C(C)(C)C)c(F)c(C(C)(C)C)c1. The third-order valence-corrected chi connectivity index (χ3v) is 2.83. The quantitative estimate of drug-likeness (QED) is 0.595. The molecule has 0 aromatic heterocycles. The molecule has 0 saturated heterocycles. The maximum atomic E-state index is 14.4. The lowest BCUT2D eigenvalue weighted by Crippen LogP contribution is -2.20. The van der Waals surface area contributed by atoms with Gasteiger partial charge >= 0.3 is 0 Å². The highest BCUT2D eigenvalue weighted by atomic mass is 19.1. The number of hydrogen-bond acceptors (Lipinski definition) is 0. The van der Waals surface area contributed by atoms with Gasteiger partial charge in [-0.15, -0.1) is 0 Å². The van der Waals surface area contributed by atoms with E-state index in [4.69, 9.17) is 0 Å². The average molecular weight is 222 g/mol. The summed E-state index contributed by atoms with van der Waals surface area (Å²) in [4.78, 5) is 0. The number of halogens is 1. The van der Waals surface area contributed by atoms with Gasteiger partial charge in [-0.25, -0.2) is 4.39 Å². The van der Waals surface area contributed by atoms with E-state index in [1.807, 2.05) is 19.1 Å². The minimum absolute atomic E-state index is 0.0365. The third kappa shape index (κ3) is 2.63. The molecule has 0 amide bonds. The zero-order valence-electron chi connectivity index (χ0n) is 11.5. The van der Waals surface area contributed by atoms with E-state index < -0.39 is 0 Å². The molecule has 0 bridgehead atoms. The molecule has 1 aromatic rings. The van der Waals surface area contributed by atoms with Crippen LogP contribution in [0.25, 0.3) is 0 Å². The van der Waals surface area contributed by atoms with Crippen LogP contribution in [-0.4, -0.2) is 0 Å². The smallest absolute Gasteiger partial charge is 0.130 e. The summed E-state index contributed by atoms with van der Waals surface area (Å²) in [6.07, 6.45) is 0. The van der Waals surface area contributed by atoms with Crippen molar-refractivity contribution >= 4 is 0 Å². The molecule has 0 atom stereocenters. The van der Waals surface area contributed by atoms with Crippen LogP contribution in [0.15, 0.2) is 12.1 Å². The van der Waals surface area contributed by atoms with E-state index in [0.717, 1.165) is 16.7 Å². The van der Waals surface area contributed by atoms with Crippen molar-refractivity contribution in [2.45, 2.75) is 59.3 Å². The monoisotopic (exact) mass is 222 g/mol. The molecule has 0 aliphatic heterocycles. The Hall–Kier alpha value is -0.850. The first-order valence-corrected chi connectivity index (χ1v) is 5.84. The summed E-state index contributed by atoms with van der Waals surface area (Å²) in [7, 11) is 0. The van der Waals surface area contributed by atoms with Crippen molar-refractivity contribution < 1.29 is 4.39 Å². The predicted molar refractivity (Wildman–Crippen MR) is 68.5 cm³/mol. The van der Waals surface area contributed by atoms with Gasteiger partial charge in [-0.2, -0.15) is 0 Å². The molecule has 1 aromatic carbocycles. The molecule has 0 aliphatic carbocycles. The Morgan fingerprint density at radius 3 is 1.38 bits per heavy atom. The van der Waals surface area contributed by atoms with Gasteiger partial charge in [0.1, 0.15) is 5.82 Å². The second-order valence-corrected chi connectivity index (χ2v) is 6.67. The highest BCUT2D eigenvalue weighted by Crippen LogP contribution is 2.33. The summed E-state index contributed by atoms with van der Waals surface area (Å²) in [6, 6.07) is 3.93. The van der Waals surface area contributed by atoms with E-state index in [1.165, 1.54) is 0 Å². The molecular weight excluding hydrogens is 199 g/mol.